The molecule has 0 N–H and O–H groups in total. The first-order chi connectivity index (χ1) is 34.0. The number of ether oxygens (including phenoxy) is 3. The van der Waals surface area contributed by atoms with Crippen LogP contribution in [0.5, 0.6) is 0 Å². The van der Waals surface area contributed by atoms with Gasteiger partial charge < -0.3 is 14.2 Å². The summed E-state index contributed by atoms with van der Waals surface area (Å²) < 4.78 is 16.8. The molecule has 6 nitrogen and oxygen atoms in total. The van der Waals surface area contributed by atoms with Crippen LogP contribution in [-0.2, 0) is 28.6 Å². The molecule has 0 saturated heterocycles. The van der Waals surface area contributed by atoms with E-state index in [9.17, 15) is 14.4 Å². The topological polar surface area (TPSA) is 78.9 Å². The van der Waals surface area contributed by atoms with Crippen LogP contribution in [0, 0.1) is 0 Å². The number of hydrogen-bond acceptors (Lipinski definition) is 6. The van der Waals surface area contributed by atoms with Gasteiger partial charge in [0.15, 0.2) is 6.10 Å². The largest absolute Gasteiger partial charge is 0.462 e. The predicted molar refractivity (Wildman–Crippen MR) is 297 cm³/mol. The number of allylic oxidation sites excluding steroid dienone is 14. The Morgan fingerprint density at radius 1 is 0.304 bits per heavy atom. The van der Waals surface area contributed by atoms with Gasteiger partial charge in [-0.05, 0) is 89.9 Å². The second kappa shape index (κ2) is 57.2. The molecule has 1 unspecified atom stereocenters. The summed E-state index contributed by atoms with van der Waals surface area (Å²) in [6.07, 6.45) is 74.4. The third-order valence-corrected chi connectivity index (χ3v) is 12.4. The maximum Gasteiger partial charge on any atom is 0.306 e. The summed E-state index contributed by atoms with van der Waals surface area (Å²) in [4.78, 5) is 38.1. The monoisotopic (exact) mass is 961 g/mol. The summed E-state index contributed by atoms with van der Waals surface area (Å²) >= 11 is 0. The molecule has 0 aromatic rings. The molecule has 0 aromatic heterocycles. The van der Waals surface area contributed by atoms with E-state index in [0.29, 0.717) is 19.3 Å². The first-order valence-corrected chi connectivity index (χ1v) is 29.1. The zero-order valence-corrected chi connectivity index (χ0v) is 45.3. The fourth-order valence-electron chi connectivity index (χ4n) is 8.10. The molecule has 0 spiro atoms. The quantitative estimate of drug-likeness (QED) is 0.0262. The summed E-state index contributed by atoms with van der Waals surface area (Å²) in [6, 6.07) is 0. The molecule has 396 valence electrons. The Hall–Kier alpha value is -3.41. The fourth-order valence-corrected chi connectivity index (χ4v) is 8.10. The van der Waals surface area contributed by atoms with Crippen LogP contribution in [0.25, 0.3) is 0 Å². The van der Waals surface area contributed by atoms with Crippen LogP contribution < -0.4 is 0 Å². The SMILES string of the molecule is CC/C=C\C/C=C\C/C=C\C/C=C\CCCCCCC(=O)OC(COC(=O)CCCCC/C=C\C/C=C\C/C=C\CC)COC(=O)CCCCCCCCCCCCCCCCCCCCCCC. The number of rotatable bonds is 52. The molecule has 69 heavy (non-hydrogen) atoms. The Morgan fingerprint density at radius 2 is 0.565 bits per heavy atom. The molecule has 0 aliphatic heterocycles. The van der Waals surface area contributed by atoms with Gasteiger partial charge in [-0.1, -0.05) is 254 Å². The van der Waals surface area contributed by atoms with E-state index in [1.54, 1.807) is 0 Å². The van der Waals surface area contributed by atoms with Crippen molar-refractivity contribution in [1.82, 2.24) is 0 Å². The van der Waals surface area contributed by atoms with Gasteiger partial charge in [0.1, 0.15) is 13.2 Å². The molecule has 0 radical (unpaired) electrons. The highest BCUT2D eigenvalue weighted by molar-refractivity contribution is 5.71. The Kier molecular flexibility index (Phi) is 54.3. The second-order valence-corrected chi connectivity index (χ2v) is 19.1. The molecule has 0 aliphatic rings. The summed E-state index contributed by atoms with van der Waals surface area (Å²) in [7, 11) is 0. The molecule has 0 aliphatic carbocycles. The average Bonchev–Trinajstić information content (AvgIpc) is 3.35. The van der Waals surface area contributed by atoms with E-state index in [0.717, 1.165) is 122 Å². The standard InChI is InChI=1S/C63H108O6/c1-4-7-10-13-16-19-22-25-27-29-30-31-32-34-35-38-41-44-47-50-53-56-62(65)68-59-60(58-67-61(64)55-52-49-46-43-40-37-24-21-18-15-12-9-6-3)69-63(66)57-54-51-48-45-42-39-36-33-28-26-23-20-17-14-11-8-5-2/h8-9,11-12,17-18,20-21,26,28,36-37,39-40,60H,4-7,10,13-16,19,22-25,27,29-35,38,41-59H2,1-3H3/b11-8-,12-9-,20-17-,21-18-,28-26-,39-36-,40-37-. The predicted octanol–water partition coefficient (Wildman–Crippen LogP) is 19.5. The summed E-state index contributed by atoms with van der Waals surface area (Å²) in [5.74, 6) is -0.942. The van der Waals surface area contributed by atoms with Crippen molar-refractivity contribution in [3.63, 3.8) is 0 Å². The molecule has 0 saturated carbocycles. The number of esters is 3. The fraction of sp³-hybridized carbons (Fsp3) is 0.730. The summed E-state index contributed by atoms with van der Waals surface area (Å²) in [5.41, 5.74) is 0. The zero-order chi connectivity index (χ0) is 50.0. The van der Waals surface area contributed by atoms with E-state index in [1.807, 2.05) is 0 Å². The minimum Gasteiger partial charge on any atom is -0.462 e. The lowest BCUT2D eigenvalue weighted by molar-refractivity contribution is -0.167. The lowest BCUT2D eigenvalue weighted by Crippen LogP contribution is -2.30. The van der Waals surface area contributed by atoms with Gasteiger partial charge in [0, 0.05) is 19.3 Å². The van der Waals surface area contributed by atoms with E-state index in [-0.39, 0.29) is 31.1 Å². The lowest BCUT2D eigenvalue weighted by atomic mass is 10.0. The van der Waals surface area contributed by atoms with Crippen LogP contribution in [0.3, 0.4) is 0 Å². The van der Waals surface area contributed by atoms with E-state index in [2.05, 4.69) is 106 Å². The number of carbonyl (C=O) groups is 3. The van der Waals surface area contributed by atoms with Crippen LogP contribution >= 0.6 is 0 Å². The maximum absolute atomic E-state index is 12.8. The summed E-state index contributed by atoms with van der Waals surface area (Å²) in [6.45, 7) is 6.39. The van der Waals surface area contributed by atoms with Crippen LogP contribution in [0.15, 0.2) is 85.1 Å². The number of hydrogen-bond donors (Lipinski definition) is 0. The minimum atomic E-state index is -0.801. The average molecular weight is 962 g/mol. The molecule has 0 bridgehead atoms. The highest BCUT2D eigenvalue weighted by Gasteiger charge is 2.19. The minimum absolute atomic E-state index is 0.0943. The van der Waals surface area contributed by atoms with Gasteiger partial charge in [-0.3, -0.25) is 14.4 Å². The number of unbranched alkanes of at least 4 members (excludes halogenated alkanes) is 27. The first-order valence-electron chi connectivity index (χ1n) is 29.1. The second-order valence-electron chi connectivity index (χ2n) is 19.1. The van der Waals surface area contributed by atoms with Crippen molar-refractivity contribution < 1.29 is 28.6 Å². The van der Waals surface area contributed by atoms with Crippen LogP contribution in [0.2, 0.25) is 0 Å². The van der Waals surface area contributed by atoms with Gasteiger partial charge in [0.2, 0.25) is 0 Å². The van der Waals surface area contributed by atoms with E-state index in [1.165, 1.54) is 116 Å². The molecule has 0 aromatic carbocycles. The van der Waals surface area contributed by atoms with E-state index >= 15 is 0 Å². The molecule has 6 heteroatoms. The van der Waals surface area contributed by atoms with Gasteiger partial charge in [-0.15, -0.1) is 0 Å². The van der Waals surface area contributed by atoms with Crippen molar-refractivity contribution in [1.29, 1.82) is 0 Å². The van der Waals surface area contributed by atoms with E-state index < -0.39 is 6.10 Å². The molecule has 0 amide bonds. The highest BCUT2D eigenvalue weighted by atomic mass is 16.6. The molecular formula is C63H108O6. The third kappa shape index (κ3) is 55.4. The first kappa shape index (κ1) is 65.6. The molecule has 0 rings (SSSR count). The smallest absolute Gasteiger partial charge is 0.306 e. The van der Waals surface area contributed by atoms with Crippen LogP contribution in [0.4, 0.5) is 0 Å². The van der Waals surface area contributed by atoms with Gasteiger partial charge in [-0.25, -0.2) is 0 Å². The van der Waals surface area contributed by atoms with Crippen LogP contribution in [0.1, 0.15) is 278 Å². The third-order valence-electron chi connectivity index (χ3n) is 12.4. The van der Waals surface area contributed by atoms with Crippen molar-refractivity contribution in [2.24, 2.45) is 0 Å². The van der Waals surface area contributed by atoms with Crippen molar-refractivity contribution in [3.8, 4) is 0 Å². The van der Waals surface area contributed by atoms with Gasteiger partial charge in [-0.2, -0.15) is 0 Å². The Balaban J connectivity index is 4.38. The molecule has 1 atom stereocenters. The van der Waals surface area contributed by atoms with Crippen molar-refractivity contribution >= 4 is 17.9 Å². The molecule has 0 heterocycles. The maximum atomic E-state index is 12.8. The Morgan fingerprint density at radius 3 is 0.899 bits per heavy atom. The van der Waals surface area contributed by atoms with Crippen LogP contribution in [-0.4, -0.2) is 37.2 Å². The zero-order valence-electron chi connectivity index (χ0n) is 45.3. The van der Waals surface area contributed by atoms with Gasteiger partial charge in [0.25, 0.3) is 0 Å². The highest BCUT2D eigenvalue weighted by Crippen LogP contribution is 2.16. The van der Waals surface area contributed by atoms with Crippen molar-refractivity contribution in [2.75, 3.05) is 13.2 Å². The van der Waals surface area contributed by atoms with Crippen molar-refractivity contribution in [2.45, 2.75) is 284 Å². The Bertz CT molecular complexity index is 1330. The molecule has 0 fully saturated rings. The number of carbonyl (C=O) groups excluding carboxylic acids is 3. The summed E-state index contributed by atoms with van der Waals surface area (Å²) in [5, 5.41) is 0. The lowest BCUT2D eigenvalue weighted by Gasteiger charge is -2.18. The van der Waals surface area contributed by atoms with Gasteiger partial charge in [0.05, 0.1) is 0 Å². The van der Waals surface area contributed by atoms with E-state index in [4.69, 9.17) is 14.2 Å². The van der Waals surface area contributed by atoms with Crippen molar-refractivity contribution in [3.05, 3.63) is 85.1 Å². The van der Waals surface area contributed by atoms with Gasteiger partial charge >= 0.3 is 17.9 Å². The Labute approximate surface area is 426 Å². The molecular weight excluding hydrogens is 853 g/mol. The normalized spacial score (nSPS) is 12.7.